The lowest BCUT2D eigenvalue weighted by atomic mass is 10.1. The van der Waals surface area contributed by atoms with E-state index in [9.17, 15) is 30.8 Å². The van der Waals surface area contributed by atoms with Gasteiger partial charge < -0.3 is 10.1 Å². The summed E-state index contributed by atoms with van der Waals surface area (Å²) in [5.41, 5.74) is -0.520. The van der Waals surface area contributed by atoms with Crippen LogP contribution in [-0.2, 0) is 22.6 Å². The number of rotatable bonds is 6. The van der Waals surface area contributed by atoms with E-state index in [0.717, 1.165) is 6.26 Å². The fraction of sp³-hybridized carbons (Fsp3) is 0.182. The summed E-state index contributed by atoms with van der Waals surface area (Å²) in [6.45, 7) is 1.46. The Morgan fingerprint density at radius 1 is 1.12 bits per heavy atom. The maximum atomic E-state index is 13.3. The van der Waals surface area contributed by atoms with Crippen LogP contribution in [0.15, 0.2) is 59.6 Å². The van der Waals surface area contributed by atoms with Crippen molar-refractivity contribution in [3.05, 3.63) is 82.8 Å². The molecule has 0 atom stereocenters. The lowest BCUT2D eigenvalue weighted by molar-refractivity contribution is -0.137. The first-order chi connectivity index (χ1) is 15.3. The van der Waals surface area contributed by atoms with Gasteiger partial charge in [-0.25, -0.2) is 17.8 Å². The van der Waals surface area contributed by atoms with E-state index >= 15 is 0 Å². The molecule has 33 heavy (non-hydrogen) atoms. The van der Waals surface area contributed by atoms with E-state index in [-0.39, 0.29) is 23.1 Å². The maximum Gasteiger partial charge on any atom is 0.417 e. The number of pyridine rings is 1. The molecular weight excluding hydrogens is 464 g/mol. The zero-order chi connectivity index (χ0) is 24.4. The second-order valence-electron chi connectivity index (χ2n) is 7.19. The predicted molar refractivity (Wildman–Crippen MR) is 112 cm³/mol. The number of nitrogens with zero attached hydrogens (tertiary/aromatic N) is 1. The van der Waals surface area contributed by atoms with Crippen LogP contribution < -0.4 is 10.1 Å². The largest absolute Gasteiger partial charge is 0.472 e. The molecule has 0 aliphatic heterocycles. The number of amides is 1. The quantitative estimate of drug-likeness (QED) is 0.511. The number of ether oxygens (including phenoxy) is 1. The molecule has 11 heteroatoms. The molecule has 2 aromatic carbocycles. The second-order valence-corrected chi connectivity index (χ2v) is 9.20. The highest BCUT2D eigenvalue weighted by atomic mass is 32.2. The van der Waals surface area contributed by atoms with E-state index in [1.54, 1.807) is 6.92 Å². The van der Waals surface area contributed by atoms with Crippen LogP contribution in [-0.4, -0.2) is 25.6 Å². The first kappa shape index (κ1) is 24.2. The molecule has 0 fully saturated rings. The Morgan fingerprint density at radius 3 is 2.48 bits per heavy atom. The third kappa shape index (κ3) is 6.07. The Kier molecular flexibility index (Phi) is 6.73. The molecule has 1 amide bonds. The molecule has 0 aliphatic carbocycles. The summed E-state index contributed by atoms with van der Waals surface area (Å²) in [5, 5.41) is 2.37. The van der Waals surface area contributed by atoms with Gasteiger partial charge in [-0.2, -0.15) is 13.2 Å². The van der Waals surface area contributed by atoms with Crippen molar-refractivity contribution in [2.75, 3.05) is 11.6 Å². The molecule has 0 bridgehead atoms. The van der Waals surface area contributed by atoms with Crippen LogP contribution in [0.5, 0.6) is 5.88 Å². The third-order valence-corrected chi connectivity index (χ3v) is 5.72. The van der Waals surface area contributed by atoms with Crippen LogP contribution >= 0.6 is 0 Å². The Hall–Kier alpha value is -3.47. The molecule has 0 spiro atoms. The normalized spacial score (nSPS) is 11.8. The maximum absolute atomic E-state index is 13.3. The van der Waals surface area contributed by atoms with Gasteiger partial charge in [-0.3, -0.25) is 4.79 Å². The molecule has 6 nitrogen and oxygen atoms in total. The smallest absolute Gasteiger partial charge is 0.417 e. The number of carbonyl (C=O) groups excluding carboxylic acids is 1. The monoisotopic (exact) mass is 482 g/mol. The number of anilines is 1. The Labute approximate surface area is 187 Å². The van der Waals surface area contributed by atoms with Crippen molar-refractivity contribution in [2.24, 2.45) is 0 Å². The number of alkyl halides is 3. The van der Waals surface area contributed by atoms with Gasteiger partial charge in [-0.15, -0.1) is 0 Å². The number of nitrogens with one attached hydrogen (secondary N) is 1. The first-order valence-electron chi connectivity index (χ1n) is 9.41. The summed E-state index contributed by atoms with van der Waals surface area (Å²) >= 11 is 0. The molecule has 1 heterocycles. The minimum Gasteiger partial charge on any atom is -0.472 e. The van der Waals surface area contributed by atoms with E-state index in [4.69, 9.17) is 4.74 Å². The van der Waals surface area contributed by atoms with Crippen LogP contribution in [0.3, 0.4) is 0 Å². The van der Waals surface area contributed by atoms with E-state index in [0.29, 0.717) is 23.4 Å². The first-order valence-corrected chi connectivity index (χ1v) is 11.3. The van der Waals surface area contributed by atoms with Crippen LogP contribution in [0.4, 0.5) is 23.2 Å². The van der Waals surface area contributed by atoms with E-state index in [1.165, 1.54) is 42.5 Å². The number of benzene rings is 2. The Morgan fingerprint density at radius 2 is 1.85 bits per heavy atom. The van der Waals surface area contributed by atoms with Gasteiger partial charge in [0.1, 0.15) is 18.0 Å². The zero-order valence-corrected chi connectivity index (χ0v) is 18.2. The van der Waals surface area contributed by atoms with Gasteiger partial charge >= 0.3 is 6.18 Å². The molecule has 0 saturated carbocycles. The predicted octanol–water partition coefficient (Wildman–Crippen LogP) is 4.78. The zero-order valence-electron chi connectivity index (χ0n) is 17.4. The van der Waals surface area contributed by atoms with Gasteiger partial charge in [0, 0.05) is 18.1 Å². The molecule has 0 aliphatic rings. The molecule has 0 radical (unpaired) electrons. The number of aryl methyl sites for hydroxylation is 1. The van der Waals surface area contributed by atoms with Crippen LogP contribution in [0.25, 0.3) is 0 Å². The molecule has 1 aromatic heterocycles. The lowest BCUT2D eigenvalue weighted by Gasteiger charge is -2.14. The highest BCUT2D eigenvalue weighted by molar-refractivity contribution is 7.90. The molecule has 0 saturated heterocycles. The third-order valence-electron chi connectivity index (χ3n) is 4.61. The standard InChI is InChI=1S/C22H18F4N2O4S/c1-13-8-16(23)7-6-14(13)12-32-21-19(9-15(11-27-21)22(24,25)26)20(29)28-17-4-3-5-18(10-17)33(2,30)31/h3-11H,12H2,1-2H3,(H,28,29). The average molecular weight is 482 g/mol. The van der Waals surface area contributed by atoms with E-state index in [2.05, 4.69) is 10.3 Å². The van der Waals surface area contributed by atoms with Crippen molar-refractivity contribution < 1.29 is 35.5 Å². The lowest BCUT2D eigenvalue weighted by Crippen LogP contribution is -2.17. The van der Waals surface area contributed by atoms with Crippen molar-refractivity contribution in [2.45, 2.75) is 24.6 Å². The van der Waals surface area contributed by atoms with Crippen LogP contribution in [0, 0.1) is 12.7 Å². The minimum absolute atomic E-state index is 0.0562. The van der Waals surface area contributed by atoms with Gasteiger partial charge in [0.2, 0.25) is 5.88 Å². The van der Waals surface area contributed by atoms with Crippen molar-refractivity contribution in [3.63, 3.8) is 0 Å². The highest BCUT2D eigenvalue weighted by Crippen LogP contribution is 2.32. The SMILES string of the molecule is Cc1cc(F)ccc1COc1ncc(C(F)(F)F)cc1C(=O)Nc1cccc(S(C)(=O)=O)c1. The molecule has 0 unspecified atom stereocenters. The highest BCUT2D eigenvalue weighted by Gasteiger charge is 2.33. The summed E-state index contributed by atoms with van der Waals surface area (Å²) in [6.07, 6.45) is -3.24. The minimum atomic E-state index is -4.76. The fourth-order valence-corrected chi connectivity index (χ4v) is 3.52. The van der Waals surface area contributed by atoms with E-state index < -0.39 is 38.9 Å². The molecule has 1 N–H and O–H groups in total. The Bertz CT molecular complexity index is 1310. The van der Waals surface area contributed by atoms with Crippen molar-refractivity contribution >= 4 is 21.4 Å². The van der Waals surface area contributed by atoms with Crippen molar-refractivity contribution in [1.29, 1.82) is 0 Å². The number of hydrogen-bond donors (Lipinski definition) is 1. The number of sulfone groups is 1. The summed E-state index contributed by atoms with van der Waals surface area (Å²) in [6, 6.07) is 9.77. The van der Waals surface area contributed by atoms with E-state index in [1.807, 2.05) is 0 Å². The number of hydrogen-bond acceptors (Lipinski definition) is 5. The summed E-state index contributed by atoms with van der Waals surface area (Å²) in [4.78, 5) is 16.4. The number of aromatic nitrogens is 1. The molecule has 3 rings (SSSR count). The van der Waals surface area contributed by atoms with Gasteiger partial charge in [0.25, 0.3) is 5.91 Å². The van der Waals surface area contributed by atoms with Crippen molar-refractivity contribution in [3.8, 4) is 5.88 Å². The van der Waals surface area contributed by atoms with Gasteiger partial charge in [0.05, 0.1) is 10.5 Å². The Balaban J connectivity index is 1.93. The summed E-state index contributed by atoms with van der Waals surface area (Å²) in [5.74, 6) is -1.81. The second kappa shape index (κ2) is 9.18. The number of carbonyl (C=O) groups is 1. The average Bonchev–Trinajstić information content (AvgIpc) is 2.72. The van der Waals surface area contributed by atoms with Gasteiger partial charge in [0.15, 0.2) is 9.84 Å². The number of halogens is 4. The molecule has 3 aromatic rings. The molecular formula is C22H18F4N2O4S. The van der Waals surface area contributed by atoms with Crippen LogP contribution in [0.2, 0.25) is 0 Å². The molecule has 174 valence electrons. The van der Waals surface area contributed by atoms with Gasteiger partial charge in [-0.1, -0.05) is 12.1 Å². The van der Waals surface area contributed by atoms with Gasteiger partial charge in [-0.05, 0) is 54.4 Å². The van der Waals surface area contributed by atoms with Crippen LogP contribution in [0.1, 0.15) is 27.0 Å². The van der Waals surface area contributed by atoms with Crippen molar-refractivity contribution in [1.82, 2.24) is 4.98 Å². The summed E-state index contributed by atoms with van der Waals surface area (Å²) in [7, 11) is -3.57. The fourth-order valence-electron chi connectivity index (χ4n) is 2.86. The summed E-state index contributed by atoms with van der Waals surface area (Å²) < 4.78 is 81.8. The topological polar surface area (TPSA) is 85.4 Å².